The zero-order valence-corrected chi connectivity index (χ0v) is 11.8. The first-order chi connectivity index (χ1) is 7.88. The number of esters is 1. The number of hydrogen-bond donors (Lipinski definition) is 1. The van der Waals surface area contributed by atoms with Gasteiger partial charge in [0.05, 0.1) is 4.47 Å². The molecule has 5 nitrogen and oxygen atoms in total. The molecule has 0 radical (unpaired) electrons. The summed E-state index contributed by atoms with van der Waals surface area (Å²) < 4.78 is 7.79. The molecule has 0 spiro atoms. The molecule has 0 saturated carbocycles. The van der Waals surface area contributed by atoms with Crippen molar-refractivity contribution < 1.29 is 9.53 Å². The van der Waals surface area contributed by atoms with Gasteiger partial charge < -0.3 is 10.1 Å². The van der Waals surface area contributed by atoms with Gasteiger partial charge in [-0.05, 0) is 43.1 Å². The second-order valence-electron chi connectivity index (χ2n) is 5.02. The molecule has 0 unspecified atom stereocenters. The van der Waals surface area contributed by atoms with Crippen molar-refractivity contribution in [2.24, 2.45) is 0 Å². The number of nitrogens with one attached hydrogen (secondary N) is 1. The van der Waals surface area contributed by atoms with Gasteiger partial charge in [-0.25, -0.2) is 9.48 Å². The smallest absolute Gasteiger partial charge is 0.360 e. The lowest BCUT2D eigenvalue weighted by Gasteiger charge is -2.18. The van der Waals surface area contributed by atoms with Crippen LogP contribution in [0.3, 0.4) is 0 Å². The lowest BCUT2D eigenvalue weighted by molar-refractivity contribution is 0.00609. The minimum Gasteiger partial charge on any atom is -0.455 e. The normalized spacial score (nSPS) is 15.1. The van der Waals surface area contributed by atoms with Gasteiger partial charge in [0.1, 0.15) is 11.4 Å². The average molecular weight is 302 g/mol. The number of hydrogen-bond acceptors (Lipinski definition) is 4. The number of halogens is 1. The fourth-order valence-electron chi connectivity index (χ4n) is 1.66. The monoisotopic (exact) mass is 301 g/mol. The Balaban J connectivity index is 2.27. The number of aromatic nitrogens is 2. The first kappa shape index (κ1) is 12.4. The number of carbonyl (C=O) groups is 1. The molecule has 1 aliphatic rings. The second-order valence-corrected chi connectivity index (χ2v) is 5.81. The third-order valence-electron chi connectivity index (χ3n) is 2.33. The molecule has 94 valence electrons. The Morgan fingerprint density at radius 1 is 1.53 bits per heavy atom. The van der Waals surface area contributed by atoms with E-state index in [0.29, 0.717) is 10.2 Å². The molecule has 6 heteroatoms. The van der Waals surface area contributed by atoms with Crippen LogP contribution in [0.5, 0.6) is 0 Å². The van der Waals surface area contributed by atoms with Gasteiger partial charge in [0.25, 0.3) is 0 Å². The molecule has 0 aliphatic carbocycles. The Labute approximate surface area is 109 Å². The van der Waals surface area contributed by atoms with Crippen LogP contribution in [0.2, 0.25) is 0 Å². The number of rotatable bonds is 1. The van der Waals surface area contributed by atoms with E-state index in [1.807, 2.05) is 20.8 Å². The number of ether oxygens (including phenoxy) is 1. The zero-order valence-electron chi connectivity index (χ0n) is 10.2. The van der Waals surface area contributed by atoms with Gasteiger partial charge in [-0.15, -0.1) is 0 Å². The van der Waals surface area contributed by atoms with Crippen LogP contribution in [0, 0.1) is 0 Å². The largest absolute Gasteiger partial charge is 0.455 e. The Hall–Kier alpha value is -1.04. The summed E-state index contributed by atoms with van der Waals surface area (Å²) in [5.41, 5.74) is -0.169. The summed E-state index contributed by atoms with van der Waals surface area (Å²) in [6, 6.07) is 0. The van der Waals surface area contributed by atoms with Gasteiger partial charge in [0.15, 0.2) is 5.69 Å². The van der Waals surface area contributed by atoms with Crippen molar-refractivity contribution >= 4 is 27.7 Å². The molecule has 2 rings (SSSR count). The van der Waals surface area contributed by atoms with Crippen molar-refractivity contribution in [2.75, 3.05) is 11.9 Å². The summed E-state index contributed by atoms with van der Waals surface area (Å²) in [6.45, 7) is 7.24. The molecular weight excluding hydrogens is 286 g/mol. The van der Waals surface area contributed by atoms with Crippen LogP contribution >= 0.6 is 15.9 Å². The first-order valence-electron chi connectivity index (χ1n) is 5.62. The van der Waals surface area contributed by atoms with Crippen LogP contribution in [0.4, 0.5) is 5.82 Å². The molecule has 17 heavy (non-hydrogen) atoms. The van der Waals surface area contributed by atoms with Crippen molar-refractivity contribution in [2.45, 2.75) is 39.3 Å². The lowest BCUT2D eigenvalue weighted by Crippen LogP contribution is -2.24. The summed E-state index contributed by atoms with van der Waals surface area (Å²) in [6.07, 6.45) is 1.01. The van der Waals surface area contributed by atoms with Gasteiger partial charge >= 0.3 is 5.97 Å². The van der Waals surface area contributed by atoms with Crippen molar-refractivity contribution in [3.63, 3.8) is 0 Å². The third-order valence-corrected chi connectivity index (χ3v) is 3.08. The van der Waals surface area contributed by atoms with E-state index in [-0.39, 0.29) is 0 Å². The van der Waals surface area contributed by atoms with Gasteiger partial charge in [-0.3, -0.25) is 0 Å². The molecule has 0 fully saturated rings. The highest BCUT2D eigenvalue weighted by molar-refractivity contribution is 9.10. The van der Waals surface area contributed by atoms with E-state index < -0.39 is 11.6 Å². The second kappa shape index (κ2) is 4.33. The highest BCUT2D eigenvalue weighted by Crippen LogP contribution is 2.29. The first-order valence-corrected chi connectivity index (χ1v) is 6.41. The van der Waals surface area contributed by atoms with Gasteiger partial charge in [-0.2, -0.15) is 5.10 Å². The van der Waals surface area contributed by atoms with Crippen molar-refractivity contribution in [3.05, 3.63) is 10.2 Å². The minimum absolute atomic E-state index is 0.337. The maximum Gasteiger partial charge on any atom is 0.360 e. The van der Waals surface area contributed by atoms with Gasteiger partial charge in [-0.1, -0.05) is 0 Å². The van der Waals surface area contributed by atoms with Crippen molar-refractivity contribution in [3.8, 4) is 0 Å². The summed E-state index contributed by atoms with van der Waals surface area (Å²) >= 11 is 3.40. The number of anilines is 1. The molecule has 1 aromatic rings. The molecule has 0 saturated heterocycles. The topological polar surface area (TPSA) is 56.1 Å². The van der Waals surface area contributed by atoms with Crippen molar-refractivity contribution in [1.29, 1.82) is 0 Å². The van der Waals surface area contributed by atoms with E-state index >= 15 is 0 Å². The van der Waals surface area contributed by atoms with Crippen LogP contribution in [-0.2, 0) is 11.3 Å². The maximum atomic E-state index is 11.9. The predicted octanol–water partition coefficient (Wildman–Crippen LogP) is 2.42. The van der Waals surface area contributed by atoms with Crippen LogP contribution < -0.4 is 5.32 Å². The average Bonchev–Trinajstić information content (AvgIpc) is 2.55. The van der Waals surface area contributed by atoms with E-state index in [1.165, 1.54) is 0 Å². The Bertz CT molecular complexity index is 448. The number of aryl methyl sites for hydroxylation is 1. The fraction of sp³-hybridized carbons (Fsp3) is 0.636. The molecular formula is C11H16BrN3O2. The summed E-state index contributed by atoms with van der Waals surface area (Å²) in [5, 5.41) is 7.48. The van der Waals surface area contributed by atoms with E-state index in [4.69, 9.17) is 4.74 Å². The van der Waals surface area contributed by atoms with E-state index in [1.54, 1.807) is 4.68 Å². The van der Waals surface area contributed by atoms with Crippen LogP contribution in [-0.4, -0.2) is 27.9 Å². The predicted molar refractivity (Wildman–Crippen MR) is 68.2 cm³/mol. The molecule has 1 aliphatic heterocycles. The van der Waals surface area contributed by atoms with Crippen LogP contribution in [0.15, 0.2) is 4.47 Å². The van der Waals surface area contributed by atoms with E-state index in [9.17, 15) is 4.79 Å². The zero-order chi connectivity index (χ0) is 12.6. The standard InChI is InChI=1S/C11H16BrN3O2/c1-11(2,3)17-10(16)8-7(12)9-13-5-4-6-15(9)14-8/h13H,4-6H2,1-3H3. The minimum atomic E-state index is -0.506. The lowest BCUT2D eigenvalue weighted by atomic mass is 10.2. The maximum absolute atomic E-state index is 11.9. The summed E-state index contributed by atoms with van der Waals surface area (Å²) in [7, 11) is 0. The quantitative estimate of drug-likeness (QED) is 0.809. The van der Waals surface area contributed by atoms with Gasteiger partial charge in [0.2, 0.25) is 0 Å². The number of fused-ring (bicyclic) bond motifs is 1. The summed E-state index contributed by atoms with van der Waals surface area (Å²) in [5.74, 6) is 0.463. The van der Waals surface area contributed by atoms with Crippen LogP contribution in [0.25, 0.3) is 0 Å². The highest BCUT2D eigenvalue weighted by atomic mass is 79.9. The Kier molecular flexibility index (Phi) is 3.16. The molecule has 0 bridgehead atoms. The van der Waals surface area contributed by atoms with Crippen molar-refractivity contribution in [1.82, 2.24) is 9.78 Å². The number of carbonyl (C=O) groups excluding carboxylic acids is 1. The molecule has 2 heterocycles. The third kappa shape index (κ3) is 2.62. The molecule has 1 aromatic heterocycles. The fourth-order valence-corrected chi connectivity index (χ4v) is 2.25. The molecule has 0 atom stereocenters. The molecule has 0 amide bonds. The van der Waals surface area contributed by atoms with Gasteiger partial charge in [0, 0.05) is 13.1 Å². The Morgan fingerprint density at radius 3 is 2.82 bits per heavy atom. The number of nitrogens with zero attached hydrogens (tertiary/aromatic N) is 2. The molecule has 0 aromatic carbocycles. The van der Waals surface area contributed by atoms with E-state index in [0.717, 1.165) is 25.3 Å². The van der Waals surface area contributed by atoms with Crippen LogP contribution in [0.1, 0.15) is 37.7 Å². The molecule has 1 N–H and O–H groups in total. The highest BCUT2D eigenvalue weighted by Gasteiger charge is 2.27. The Morgan fingerprint density at radius 2 is 2.24 bits per heavy atom. The SMILES string of the molecule is CC(C)(C)OC(=O)c1nn2c(c1Br)NCCC2. The summed E-state index contributed by atoms with van der Waals surface area (Å²) in [4.78, 5) is 11.9. The van der Waals surface area contributed by atoms with E-state index in [2.05, 4.69) is 26.3 Å².